The summed E-state index contributed by atoms with van der Waals surface area (Å²) in [4.78, 5) is 14.8. The molecule has 0 unspecified atom stereocenters. The van der Waals surface area contributed by atoms with E-state index < -0.39 is 63.2 Å². The van der Waals surface area contributed by atoms with E-state index >= 15 is 0 Å². The first kappa shape index (κ1) is 23.7. The lowest BCUT2D eigenvalue weighted by atomic mass is 10.2. The Morgan fingerprint density at radius 2 is 1.39 bits per heavy atom. The van der Waals surface area contributed by atoms with Gasteiger partial charge in [-0.3, -0.25) is 9.36 Å². The second-order valence-corrected chi connectivity index (χ2v) is 5.09. The van der Waals surface area contributed by atoms with Gasteiger partial charge in [0.2, 0.25) is 11.8 Å². The van der Waals surface area contributed by atoms with Gasteiger partial charge in [0.1, 0.15) is 10.7 Å². The van der Waals surface area contributed by atoms with Crippen LogP contribution in [0.25, 0.3) is 0 Å². The molecule has 0 aliphatic rings. The third-order valence-electron chi connectivity index (χ3n) is 3.15. The van der Waals surface area contributed by atoms with E-state index in [-0.39, 0.29) is 6.54 Å². The molecule has 13 heteroatoms. The number of aromatic nitrogens is 2. The summed E-state index contributed by atoms with van der Waals surface area (Å²) in [5, 5.41) is 0.229. The second-order valence-electron chi connectivity index (χ2n) is 4.72. The SMILES string of the molecule is CC.CCn1c(Nc2c(F)c(F)c(F)c(F)c2F)nc(C(F)(F)F)c(Cl)c1=O. The zero-order valence-corrected chi connectivity index (χ0v) is 15.2. The smallest absolute Gasteiger partial charge is 0.320 e. The highest BCUT2D eigenvalue weighted by Gasteiger charge is 2.38. The van der Waals surface area contributed by atoms with E-state index in [1.165, 1.54) is 6.92 Å². The lowest BCUT2D eigenvalue weighted by Crippen LogP contribution is -2.28. The number of anilines is 2. The summed E-state index contributed by atoms with van der Waals surface area (Å²) in [5.41, 5.74) is -4.99. The molecule has 0 atom stereocenters. The van der Waals surface area contributed by atoms with E-state index in [2.05, 4.69) is 4.98 Å². The molecule has 0 saturated heterocycles. The van der Waals surface area contributed by atoms with E-state index in [4.69, 9.17) is 11.6 Å². The summed E-state index contributed by atoms with van der Waals surface area (Å²) in [7, 11) is 0. The van der Waals surface area contributed by atoms with Crippen molar-refractivity contribution in [2.24, 2.45) is 0 Å². The first-order chi connectivity index (χ1) is 12.9. The molecule has 0 spiro atoms. The summed E-state index contributed by atoms with van der Waals surface area (Å²) in [6.45, 7) is 4.87. The van der Waals surface area contributed by atoms with Crippen LogP contribution in [0.15, 0.2) is 4.79 Å². The van der Waals surface area contributed by atoms with Gasteiger partial charge in [-0.25, -0.2) is 26.9 Å². The monoisotopic (exact) mass is 437 g/mol. The van der Waals surface area contributed by atoms with E-state index in [9.17, 15) is 39.9 Å². The quantitative estimate of drug-likeness (QED) is 0.397. The Hall–Kier alpha value is -2.37. The van der Waals surface area contributed by atoms with Gasteiger partial charge < -0.3 is 5.32 Å². The van der Waals surface area contributed by atoms with Gasteiger partial charge in [0.05, 0.1) is 0 Å². The van der Waals surface area contributed by atoms with Crippen LogP contribution in [0.5, 0.6) is 0 Å². The van der Waals surface area contributed by atoms with Crippen LogP contribution in [0.3, 0.4) is 0 Å². The number of hydrogen-bond acceptors (Lipinski definition) is 3. The summed E-state index contributed by atoms with van der Waals surface area (Å²) in [6, 6.07) is 0. The van der Waals surface area contributed by atoms with Gasteiger partial charge in [-0.05, 0) is 6.92 Å². The van der Waals surface area contributed by atoms with Crippen molar-refractivity contribution in [1.29, 1.82) is 0 Å². The van der Waals surface area contributed by atoms with Crippen molar-refractivity contribution in [3.8, 4) is 0 Å². The molecule has 1 aromatic carbocycles. The molecule has 0 aliphatic heterocycles. The molecule has 4 nitrogen and oxygen atoms in total. The average molecular weight is 438 g/mol. The van der Waals surface area contributed by atoms with Gasteiger partial charge >= 0.3 is 6.18 Å². The van der Waals surface area contributed by atoms with Crippen LogP contribution in [-0.2, 0) is 12.7 Å². The highest BCUT2D eigenvalue weighted by Crippen LogP contribution is 2.34. The summed E-state index contributed by atoms with van der Waals surface area (Å²) in [5.74, 6) is -12.9. The van der Waals surface area contributed by atoms with Crippen molar-refractivity contribution in [2.45, 2.75) is 33.5 Å². The van der Waals surface area contributed by atoms with Gasteiger partial charge in [0.25, 0.3) is 5.56 Å². The van der Waals surface area contributed by atoms with Crippen molar-refractivity contribution < 1.29 is 35.1 Å². The Labute approximate surface area is 157 Å². The number of rotatable bonds is 3. The van der Waals surface area contributed by atoms with Gasteiger partial charge in [-0.2, -0.15) is 13.2 Å². The minimum atomic E-state index is -5.21. The molecule has 0 amide bonds. The lowest BCUT2D eigenvalue weighted by molar-refractivity contribution is -0.141. The van der Waals surface area contributed by atoms with E-state index in [1.807, 2.05) is 13.8 Å². The van der Waals surface area contributed by atoms with E-state index in [0.717, 1.165) is 0 Å². The molecule has 28 heavy (non-hydrogen) atoms. The predicted octanol–water partition coefficient (Wildman–Crippen LogP) is 5.40. The standard InChI is InChI=1S/C13H6ClF8N3O.C2H6/c1-2-25-11(26)3(14)10(13(20,21)22)24-12(25)23-9-7(18)5(16)4(15)6(17)8(9)19;1-2/h2H2,1H3,(H,23,24);1-2H3. The number of halogens is 9. The Morgan fingerprint density at radius 3 is 1.79 bits per heavy atom. The summed E-state index contributed by atoms with van der Waals surface area (Å²) in [6.07, 6.45) is -5.21. The van der Waals surface area contributed by atoms with Gasteiger partial charge in [0, 0.05) is 6.54 Å². The van der Waals surface area contributed by atoms with Gasteiger partial charge in [-0.1, -0.05) is 25.4 Å². The molecule has 0 bridgehead atoms. The first-order valence-electron chi connectivity index (χ1n) is 7.57. The Balaban J connectivity index is 0.00000190. The van der Waals surface area contributed by atoms with Crippen LogP contribution in [0.4, 0.5) is 46.8 Å². The van der Waals surface area contributed by atoms with Crippen LogP contribution in [0.2, 0.25) is 5.02 Å². The third kappa shape index (κ3) is 4.21. The average Bonchev–Trinajstić information content (AvgIpc) is 2.65. The maximum atomic E-state index is 13.7. The molecule has 1 heterocycles. The molecule has 0 saturated carbocycles. The third-order valence-corrected chi connectivity index (χ3v) is 3.49. The number of nitrogens with one attached hydrogen (secondary N) is 1. The fourth-order valence-electron chi connectivity index (χ4n) is 1.93. The van der Waals surface area contributed by atoms with Crippen LogP contribution in [0.1, 0.15) is 26.5 Å². The van der Waals surface area contributed by atoms with Crippen molar-refractivity contribution in [3.05, 3.63) is 50.2 Å². The van der Waals surface area contributed by atoms with Crippen molar-refractivity contribution >= 4 is 23.2 Å². The minimum Gasteiger partial charge on any atom is -0.320 e. The molecule has 0 fully saturated rings. The lowest BCUT2D eigenvalue weighted by Gasteiger charge is -2.17. The molecule has 0 radical (unpaired) electrons. The second kappa shape index (κ2) is 8.76. The number of alkyl halides is 3. The van der Waals surface area contributed by atoms with E-state index in [1.54, 1.807) is 5.32 Å². The van der Waals surface area contributed by atoms with Crippen LogP contribution < -0.4 is 10.9 Å². The highest BCUT2D eigenvalue weighted by atomic mass is 35.5. The number of benzene rings is 1. The molecular weight excluding hydrogens is 426 g/mol. The Bertz CT molecular complexity index is 914. The number of nitrogens with zero attached hydrogens (tertiary/aromatic N) is 2. The van der Waals surface area contributed by atoms with Crippen LogP contribution in [0, 0.1) is 29.1 Å². The molecular formula is C15H12ClF8N3O. The highest BCUT2D eigenvalue weighted by molar-refractivity contribution is 6.31. The number of hydrogen-bond donors (Lipinski definition) is 1. The van der Waals surface area contributed by atoms with Crippen molar-refractivity contribution in [1.82, 2.24) is 9.55 Å². The first-order valence-corrected chi connectivity index (χ1v) is 7.95. The van der Waals surface area contributed by atoms with Crippen molar-refractivity contribution in [3.63, 3.8) is 0 Å². The van der Waals surface area contributed by atoms with Crippen LogP contribution >= 0.6 is 11.6 Å². The van der Waals surface area contributed by atoms with Crippen molar-refractivity contribution in [2.75, 3.05) is 5.32 Å². The zero-order chi connectivity index (χ0) is 22.0. The normalized spacial score (nSPS) is 11.1. The molecule has 2 aromatic rings. The predicted molar refractivity (Wildman–Crippen MR) is 85.0 cm³/mol. The van der Waals surface area contributed by atoms with E-state index in [0.29, 0.717) is 4.57 Å². The maximum Gasteiger partial charge on any atom is 0.435 e. The molecule has 0 aliphatic carbocycles. The van der Waals surface area contributed by atoms with Crippen LogP contribution in [-0.4, -0.2) is 9.55 Å². The summed E-state index contributed by atoms with van der Waals surface area (Å²) >= 11 is 5.31. The fraction of sp³-hybridized carbons (Fsp3) is 0.333. The zero-order valence-electron chi connectivity index (χ0n) is 14.4. The Kier molecular flexibility index (Phi) is 7.40. The topological polar surface area (TPSA) is 46.9 Å². The molecule has 1 aromatic heterocycles. The van der Waals surface area contributed by atoms with Gasteiger partial charge in [-0.15, -0.1) is 0 Å². The maximum absolute atomic E-state index is 13.7. The molecule has 1 N–H and O–H groups in total. The fourth-order valence-corrected chi connectivity index (χ4v) is 2.19. The molecule has 2 rings (SSSR count). The largest absolute Gasteiger partial charge is 0.435 e. The summed E-state index contributed by atoms with van der Waals surface area (Å²) < 4.78 is 106. The minimum absolute atomic E-state index is 0.374. The Morgan fingerprint density at radius 1 is 0.964 bits per heavy atom. The van der Waals surface area contributed by atoms with Gasteiger partial charge in [0.15, 0.2) is 29.0 Å². The molecule has 156 valence electrons.